The lowest BCUT2D eigenvalue weighted by atomic mass is 9.44. The van der Waals surface area contributed by atoms with Crippen molar-refractivity contribution in [2.45, 2.75) is 113 Å². The molecule has 5 atom stereocenters. The molecule has 0 radical (unpaired) electrons. The zero-order valence-corrected chi connectivity index (χ0v) is 26.0. The summed E-state index contributed by atoms with van der Waals surface area (Å²) in [7, 11) is 0. The summed E-state index contributed by atoms with van der Waals surface area (Å²) in [5, 5.41) is 0. The van der Waals surface area contributed by atoms with Gasteiger partial charge in [-0.1, -0.05) is 68.7 Å². The highest BCUT2D eigenvalue weighted by Crippen LogP contribution is 2.67. The second-order valence-corrected chi connectivity index (χ2v) is 14.3. The van der Waals surface area contributed by atoms with Crippen LogP contribution in [0.15, 0.2) is 12.1 Å². The van der Waals surface area contributed by atoms with Gasteiger partial charge in [0.25, 0.3) is 0 Å². The predicted octanol–water partition coefficient (Wildman–Crippen LogP) is 7.44. The molecule has 1 aromatic rings. The zero-order chi connectivity index (χ0) is 29.8. The molecule has 0 bridgehead atoms. The fourth-order valence-corrected chi connectivity index (χ4v) is 7.63. The monoisotopic (exact) mass is 556 g/mol. The van der Waals surface area contributed by atoms with E-state index in [0.717, 1.165) is 25.7 Å². The summed E-state index contributed by atoms with van der Waals surface area (Å²) in [6, 6.07) is 3.33. The van der Waals surface area contributed by atoms with Gasteiger partial charge in [0, 0.05) is 17.5 Å². The third-order valence-electron chi connectivity index (χ3n) is 9.68. The number of carbonyl (C=O) groups is 3. The summed E-state index contributed by atoms with van der Waals surface area (Å²) in [5.74, 6) is -1.15. The average Bonchev–Trinajstić information content (AvgIpc) is 2.83. The molecule has 222 valence electrons. The van der Waals surface area contributed by atoms with Gasteiger partial charge in [-0.3, -0.25) is 14.4 Å². The Bertz CT molecular complexity index is 1170. The van der Waals surface area contributed by atoms with Gasteiger partial charge < -0.3 is 18.9 Å². The van der Waals surface area contributed by atoms with Crippen molar-refractivity contribution in [3.05, 3.63) is 17.7 Å². The van der Waals surface area contributed by atoms with Gasteiger partial charge in [-0.05, 0) is 55.4 Å². The van der Waals surface area contributed by atoms with E-state index in [2.05, 4.69) is 27.7 Å². The van der Waals surface area contributed by atoms with Gasteiger partial charge in [-0.25, -0.2) is 0 Å². The molecule has 0 saturated heterocycles. The SMILES string of the molecule is CC(C)C(=O)Oc1cc2c(cc1OC(=O)C(C)C)[C@@H](OC(=O)C(C)C)[C@@H]1[C@@]3(C)CCCC(C)(C)[C@@H]3CC[C@]1(C)O2. The van der Waals surface area contributed by atoms with Gasteiger partial charge in [0.2, 0.25) is 0 Å². The van der Waals surface area contributed by atoms with Crippen molar-refractivity contribution in [1.29, 1.82) is 0 Å². The minimum atomic E-state index is -0.600. The standard InChI is InChI=1S/C33H48O7/c1-18(2)28(34)37-23-16-21-22(17-24(23)38-29(35)19(3)4)40-33(10)15-12-25-31(7,8)13-11-14-32(25,9)27(33)26(21)39-30(36)20(5)6/h16-20,25-27H,11-15H2,1-10H3/t25-,26+,27+,32-,33-/m0/s1. The van der Waals surface area contributed by atoms with Gasteiger partial charge in [0.1, 0.15) is 17.5 Å². The molecule has 0 amide bonds. The van der Waals surface area contributed by atoms with Crippen LogP contribution in [0.3, 0.4) is 0 Å². The Balaban J connectivity index is 1.91. The Kier molecular flexibility index (Phi) is 8.12. The first-order chi connectivity index (χ1) is 18.5. The van der Waals surface area contributed by atoms with Crippen LogP contribution in [-0.2, 0) is 19.1 Å². The van der Waals surface area contributed by atoms with Gasteiger partial charge >= 0.3 is 17.9 Å². The summed E-state index contributed by atoms with van der Waals surface area (Å²) in [6.07, 6.45) is 4.54. The van der Waals surface area contributed by atoms with E-state index < -0.39 is 23.6 Å². The molecule has 3 aliphatic rings. The summed E-state index contributed by atoms with van der Waals surface area (Å²) < 4.78 is 24.7. The van der Waals surface area contributed by atoms with Crippen LogP contribution in [0.4, 0.5) is 0 Å². The fraction of sp³-hybridized carbons (Fsp3) is 0.727. The van der Waals surface area contributed by atoms with E-state index in [1.54, 1.807) is 39.8 Å². The highest BCUT2D eigenvalue weighted by molar-refractivity contribution is 5.79. The van der Waals surface area contributed by atoms with Crippen LogP contribution in [-0.4, -0.2) is 23.5 Å². The second kappa shape index (κ2) is 10.7. The topological polar surface area (TPSA) is 88.1 Å². The average molecular weight is 557 g/mol. The van der Waals surface area contributed by atoms with Gasteiger partial charge in [-0.2, -0.15) is 0 Å². The Hall–Kier alpha value is -2.57. The largest absolute Gasteiger partial charge is 0.487 e. The Morgan fingerprint density at radius 1 is 0.800 bits per heavy atom. The minimum Gasteiger partial charge on any atom is -0.487 e. The van der Waals surface area contributed by atoms with E-state index in [4.69, 9.17) is 18.9 Å². The van der Waals surface area contributed by atoms with Crippen LogP contribution in [0.1, 0.15) is 113 Å². The van der Waals surface area contributed by atoms with Crippen molar-refractivity contribution >= 4 is 17.9 Å². The van der Waals surface area contributed by atoms with Crippen LogP contribution in [0.2, 0.25) is 0 Å². The van der Waals surface area contributed by atoms with Crippen molar-refractivity contribution in [3.63, 3.8) is 0 Å². The maximum Gasteiger partial charge on any atom is 0.313 e. The van der Waals surface area contributed by atoms with E-state index in [-0.39, 0.29) is 52.0 Å². The molecular formula is C33H48O7. The molecule has 2 saturated carbocycles. The van der Waals surface area contributed by atoms with E-state index in [9.17, 15) is 14.4 Å². The third-order valence-corrected chi connectivity index (χ3v) is 9.68. The molecule has 2 fully saturated rings. The Morgan fingerprint density at radius 2 is 1.35 bits per heavy atom. The molecule has 1 heterocycles. The molecule has 1 aliphatic heterocycles. The number of esters is 3. The number of hydrogen-bond donors (Lipinski definition) is 0. The first kappa shape index (κ1) is 30.4. The number of fused-ring (bicyclic) bond motifs is 4. The van der Waals surface area contributed by atoms with Crippen LogP contribution in [0.25, 0.3) is 0 Å². The summed E-state index contributed by atoms with van der Waals surface area (Å²) in [5.41, 5.74) is 0.0842. The van der Waals surface area contributed by atoms with Crippen LogP contribution >= 0.6 is 0 Å². The fourth-order valence-electron chi connectivity index (χ4n) is 7.63. The second-order valence-electron chi connectivity index (χ2n) is 14.3. The van der Waals surface area contributed by atoms with Crippen molar-refractivity contribution in [2.75, 3.05) is 0 Å². The molecule has 7 nitrogen and oxygen atoms in total. The molecule has 2 aliphatic carbocycles. The predicted molar refractivity (Wildman–Crippen MR) is 152 cm³/mol. The summed E-state index contributed by atoms with van der Waals surface area (Å²) in [4.78, 5) is 38.5. The molecule has 0 N–H and O–H groups in total. The van der Waals surface area contributed by atoms with Crippen molar-refractivity contribution in [2.24, 2.45) is 40.4 Å². The first-order valence-corrected chi connectivity index (χ1v) is 15.0. The maximum absolute atomic E-state index is 13.2. The zero-order valence-electron chi connectivity index (χ0n) is 26.0. The van der Waals surface area contributed by atoms with Crippen molar-refractivity contribution < 1.29 is 33.3 Å². The van der Waals surface area contributed by atoms with Gasteiger partial charge in [0.15, 0.2) is 11.5 Å². The van der Waals surface area contributed by atoms with Crippen molar-refractivity contribution in [1.82, 2.24) is 0 Å². The van der Waals surface area contributed by atoms with Gasteiger partial charge in [-0.15, -0.1) is 0 Å². The summed E-state index contributed by atoms with van der Waals surface area (Å²) >= 11 is 0. The highest BCUT2D eigenvalue weighted by atomic mass is 16.6. The first-order valence-electron chi connectivity index (χ1n) is 15.0. The Labute approximate surface area is 239 Å². The number of ether oxygens (including phenoxy) is 4. The molecule has 0 spiro atoms. The van der Waals surface area contributed by atoms with E-state index in [1.165, 1.54) is 6.42 Å². The van der Waals surface area contributed by atoms with Gasteiger partial charge in [0.05, 0.1) is 17.8 Å². The molecule has 1 aromatic carbocycles. The molecule has 0 unspecified atom stereocenters. The highest BCUT2D eigenvalue weighted by Gasteiger charge is 2.64. The third kappa shape index (κ3) is 5.37. The normalized spacial score (nSPS) is 30.6. The minimum absolute atomic E-state index is 0.105. The number of benzene rings is 1. The van der Waals surface area contributed by atoms with Crippen LogP contribution < -0.4 is 14.2 Å². The van der Waals surface area contributed by atoms with E-state index >= 15 is 0 Å². The van der Waals surface area contributed by atoms with E-state index in [1.807, 2.05) is 13.8 Å². The van der Waals surface area contributed by atoms with Crippen LogP contribution in [0.5, 0.6) is 17.2 Å². The smallest absolute Gasteiger partial charge is 0.313 e. The molecule has 4 rings (SSSR count). The van der Waals surface area contributed by atoms with E-state index in [0.29, 0.717) is 17.2 Å². The molecule has 0 aromatic heterocycles. The van der Waals surface area contributed by atoms with Crippen molar-refractivity contribution in [3.8, 4) is 17.2 Å². The summed E-state index contributed by atoms with van der Waals surface area (Å²) in [6.45, 7) is 19.9. The number of hydrogen-bond acceptors (Lipinski definition) is 7. The Morgan fingerprint density at radius 3 is 1.90 bits per heavy atom. The maximum atomic E-state index is 13.2. The quantitative estimate of drug-likeness (QED) is 0.266. The number of carbonyl (C=O) groups excluding carboxylic acids is 3. The lowest BCUT2D eigenvalue weighted by molar-refractivity contribution is -0.215. The number of rotatable bonds is 6. The lowest BCUT2D eigenvalue weighted by Crippen LogP contribution is -2.63. The molecule has 7 heteroatoms. The molecular weight excluding hydrogens is 508 g/mol. The lowest BCUT2D eigenvalue weighted by Gasteiger charge is -2.64. The molecule has 40 heavy (non-hydrogen) atoms. The van der Waals surface area contributed by atoms with Crippen LogP contribution in [0, 0.1) is 40.4 Å².